The number of sulfonamides is 1. The van der Waals surface area contributed by atoms with Crippen LogP contribution in [0.15, 0.2) is 64.0 Å². The molecule has 0 spiro atoms. The minimum absolute atomic E-state index is 0.0323. The van der Waals surface area contributed by atoms with Gasteiger partial charge < -0.3 is 14.4 Å². The molecule has 1 atom stereocenters. The SMILES string of the molecule is CC(O)S(=O)(=O)CCOCc1onc(-c2ccccc2)c1-c1ccc(S(N)(=O)=O)cc1. The van der Waals surface area contributed by atoms with Gasteiger partial charge in [0.1, 0.15) is 12.3 Å². The zero-order valence-electron chi connectivity index (χ0n) is 16.6. The first-order chi connectivity index (χ1) is 14.6. The first-order valence-electron chi connectivity index (χ1n) is 9.24. The van der Waals surface area contributed by atoms with Gasteiger partial charge >= 0.3 is 0 Å². The fourth-order valence-electron chi connectivity index (χ4n) is 2.84. The summed E-state index contributed by atoms with van der Waals surface area (Å²) in [4.78, 5) is -0.0323. The van der Waals surface area contributed by atoms with Crippen molar-refractivity contribution < 1.29 is 31.2 Å². The van der Waals surface area contributed by atoms with E-state index in [1.54, 1.807) is 12.1 Å². The van der Waals surface area contributed by atoms with Crippen LogP contribution in [0.3, 0.4) is 0 Å². The van der Waals surface area contributed by atoms with Gasteiger partial charge in [-0.2, -0.15) is 0 Å². The van der Waals surface area contributed by atoms with Gasteiger partial charge in [0.25, 0.3) is 0 Å². The summed E-state index contributed by atoms with van der Waals surface area (Å²) in [6.07, 6.45) is 0. The second kappa shape index (κ2) is 9.28. The molecule has 3 N–H and O–H groups in total. The van der Waals surface area contributed by atoms with Gasteiger partial charge in [-0.25, -0.2) is 22.0 Å². The van der Waals surface area contributed by atoms with Crippen molar-refractivity contribution in [3.63, 3.8) is 0 Å². The van der Waals surface area contributed by atoms with Crippen LogP contribution in [0.1, 0.15) is 12.7 Å². The zero-order chi connectivity index (χ0) is 22.6. The van der Waals surface area contributed by atoms with Gasteiger partial charge in [-0.1, -0.05) is 47.6 Å². The number of ether oxygens (including phenoxy) is 1. The van der Waals surface area contributed by atoms with E-state index in [0.717, 1.165) is 5.56 Å². The molecule has 0 bridgehead atoms. The van der Waals surface area contributed by atoms with Gasteiger partial charge in [-0.3, -0.25) is 0 Å². The fourth-order valence-corrected chi connectivity index (χ4v) is 4.04. The van der Waals surface area contributed by atoms with Crippen LogP contribution in [0.25, 0.3) is 22.4 Å². The predicted molar refractivity (Wildman–Crippen MR) is 114 cm³/mol. The molecule has 166 valence electrons. The number of primary sulfonamides is 1. The maximum absolute atomic E-state index is 11.7. The van der Waals surface area contributed by atoms with Crippen molar-refractivity contribution in [2.45, 2.75) is 23.9 Å². The zero-order valence-corrected chi connectivity index (χ0v) is 18.3. The average Bonchev–Trinajstić information content (AvgIpc) is 3.15. The van der Waals surface area contributed by atoms with Crippen molar-refractivity contribution in [3.05, 3.63) is 60.4 Å². The number of hydrogen-bond acceptors (Lipinski definition) is 8. The van der Waals surface area contributed by atoms with Crippen molar-refractivity contribution in [2.75, 3.05) is 12.4 Å². The summed E-state index contributed by atoms with van der Waals surface area (Å²) in [6, 6.07) is 15.2. The molecule has 9 nitrogen and oxygen atoms in total. The van der Waals surface area contributed by atoms with Crippen LogP contribution >= 0.6 is 0 Å². The molecule has 1 heterocycles. The molecule has 11 heteroatoms. The Kier molecular flexibility index (Phi) is 6.92. The lowest BCUT2D eigenvalue weighted by molar-refractivity contribution is 0.113. The van der Waals surface area contributed by atoms with Crippen LogP contribution in [0, 0.1) is 0 Å². The number of nitrogens with zero attached hydrogens (tertiary/aromatic N) is 1. The Labute approximate surface area is 180 Å². The van der Waals surface area contributed by atoms with E-state index < -0.39 is 25.3 Å². The van der Waals surface area contributed by atoms with Crippen LogP contribution in [0.5, 0.6) is 0 Å². The Bertz CT molecular complexity index is 1230. The van der Waals surface area contributed by atoms with Gasteiger partial charge in [-0.05, 0) is 24.6 Å². The van der Waals surface area contributed by atoms with Gasteiger partial charge in [-0.15, -0.1) is 0 Å². The lowest BCUT2D eigenvalue weighted by atomic mass is 9.99. The van der Waals surface area contributed by atoms with Crippen LogP contribution in [0.2, 0.25) is 0 Å². The highest BCUT2D eigenvalue weighted by atomic mass is 32.2. The number of nitrogens with two attached hydrogens (primary N) is 1. The Morgan fingerprint density at radius 2 is 1.68 bits per heavy atom. The van der Waals surface area contributed by atoms with E-state index in [-0.39, 0.29) is 23.9 Å². The standard InChI is InChI=1S/C20H22N2O7S2/c1-14(23)30(24,25)12-11-28-13-18-19(15-7-9-17(10-8-15)31(21,26)27)20(22-29-18)16-5-3-2-4-6-16/h2-10,14,23H,11-13H2,1H3,(H2,21,26,27). The molecule has 0 amide bonds. The lowest BCUT2D eigenvalue weighted by Crippen LogP contribution is -2.23. The number of sulfone groups is 1. The van der Waals surface area contributed by atoms with Crippen molar-refractivity contribution in [1.29, 1.82) is 0 Å². The number of rotatable bonds is 9. The van der Waals surface area contributed by atoms with E-state index in [4.69, 9.17) is 14.4 Å². The third-order valence-electron chi connectivity index (χ3n) is 4.55. The van der Waals surface area contributed by atoms with Gasteiger partial charge in [0, 0.05) is 5.56 Å². The van der Waals surface area contributed by atoms with Gasteiger partial charge in [0.05, 0.1) is 22.8 Å². The predicted octanol–water partition coefficient (Wildman–Crippen LogP) is 1.93. The minimum Gasteiger partial charge on any atom is -0.377 e. The van der Waals surface area contributed by atoms with E-state index in [9.17, 15) is 21.9 Å². The summed E-state index contributed by atoms with van der Waals surface area (Å²) < 4.78 is 57.4. The summed E-state index contributed by atoms with van der Waals surface area (Å²) in [6.45, 7) is 0.973. The van der Waals surface area contributed by atoms with Crippen molar-refractivity contribution in [3.8, 4) is 22.4 Å². The third kappa shape index (κ3) is 5.57. The highest BCUT2D eigenvalue weighted by Gasteiger charge is 2.21. The highest BCUT2D eigenvalue weighted by molar-refractivity contribution is 7.91. The Morgan fingerprint density at radius 3 is 2.26 bits per heavy atom. The van der Waals surface area contributed by atoms with Crippen LogP contribution in [-0.2, 0) is 31.2 Å². The minimum atomic E-state index is -3.84. The maximum Gasteiger partial charge on any atom is 0.238 e. The third-order valence-corrected chi connectivity index (χ3v) is 7.25. The molecule has 3 aromatic rings. The van der Waals surface area contributed by atoms with Crippen molar-refractivity contribution in [2.24, 2.45) is 5.14 Å². The van der Waals surface area contributed by atoms with Gasteiger partial charge in [0.2, 0.25) is 10.0 Å². The molecule has 3 rings (SSSR count). The molecule has 31 heavy (non-hydrogen) atoms. The summed E-state index contributed by atoms with van der Waals surface area (Å²) in [5.74, 6) is -0.000384. The van der Waals surface area contributed by atoms with E-state index in [2.05, 4.69) is 5.16 Å². The number of benzene rings is 2. The highest BCUT2D eigenvalue weighted by Crippen LogP contribution is 2.35. The quantitative estimate of drug-likeness (QED) is 0.454. The fraction of sp³-hybridized carbons (Fsp3) is 0.250. The van der Waals surface area contributed by atoms with Crippen molar-refractivity contribution in [1.82, 2.24) is 5.16 Å². The Morgan fingerprint density at radius 1 is 1.03 bits per heavy atom. The first kappa shape index (κ1) is 23.1. The molecule has 1 aromatic heterocycles. The van der Waals surface area contributed by atoms with Gasteiger partial charge in [0.15, 0.2) is 21.0 Å². The molecule has 0 saturated carbocycles. The topological polar surface area (TPSA) is 150 Å². The molecule has 0 aliphatic rings. The van der Waals surface area contributed by atoms with E-state index in [1.165, 1.54) is 19.1 Å². The summed E-state index contributed by atoms with van der Waals surface area (Å²) in [5.41, 5.74) is 1.05. The molecule has 0 aliphatic carbocycles. The van der Waals surface area contributed by atoms with E-state index in [1.807, 2.05) is 30.3 Å². The largest absolute Gasteiger partial charge is 0.377 e. The van der Waals surface area contributed by atoms with E-state index in [0.29, 0.717) is 22.6 Å². The monoisotopic (exact) mass is 466 g/mol. The first-order valence-corrected chi connectivity index (χ1v) is 12.5. The normalized spacial score (nSPS) is 13.3. The average molecular weight is 467 g/mol. The molecule has 2 aromatic carbocycles. The molecule has 0 fully saturated rings. The van der Waals surface area contributed by atoms with Crippen LogP contribution in [0.4, 0.5) is 0 Å². The summed E-state index contributed by atoms with van der Waals surface area (Å²) >= 11 is 0. The second-order valence-electron chi connectivity index (χ2n) is 6.78. The molecule has 0 saturated heterocycles. The summed E-state index contributed by atoms with van der Waals surface area (Å²) in [7, 11) is -7.50. The van der Waals surface area contributed by atoms with Crippen LogP contribution in [-0.4, -0.2) is 44.9 Å². The molecular formula is C20H22N2O7S2. The van der Waals surface area contributed by atoms with E-state index >= 15 is 0 Å². The maximum atomic E-state index is 11.7. The molecule has 1 unspecified atom stereocenters. The number of aromatic nitrogens is 1. The summed E-state index contributed by atoms with van der Waals surface area (Å²) in [5, 5.41) is 18.6. The smallest absolute Gasteiger partial charge is 0.238 e. The number of aliphatic hydroxyl groups is 1. The Balaban J connectivity index is 1.91. The molecular weight excluding hydrogens is 444 g/mol. The Hall–Kier alpha value is -2.57. The number of hydrogen-bond donors (Lipinski definition) is 2. The number of aliphatic hydroxyl groups excluding tert-OH is 1. The van der Waals surface area contributed by atoms with Crippen LogP contribution < -0.4 is 5.14 Å². The molecule has 0 radical (unpaired) electrons. The lowest BCUT2D eigenvalue weighted by Gasteiger charge is -2.08. The van der Waals surface area contributed by atoms with Crippen molar-refractivity contribution >= 4 is 19.9 Å². The molecule has 0 aliphatic heterocycles. The second-order valence-corrected chi connectivity index (χ2v) is 10.8.